The Morgan fingerprint density at radius 2 is 1.33 bits per heavy atom. The molecule has 3 unspecified atom stereocenters. The zero-order valence-electron chi connectivity index (χ0n) is 30.1. The van der Waals surface area contributed by atoms with Gasteiger partial charge < -0.3 is 31.9 Å². The van der Waals surface area contributed by atoms with E-state index in [0.29, 0.717) is 19.4 Å². The molecule has 6 N–H and O–H groups in total. The lowest BCUT2D eigenvalue weighted by Gasteiger charge is -2.35. The molecule has 12 heteroatoms. The van der Waals surface area contributed by atoms with Crippen molar-refractivity contribution in [1.82, 2.24) is 26.2 Å². The average molecular weight is 641 g/mol. The van der Waals surface area contributed by atoms with Crippen molar-refractivity contribution in [2.24, 2.45) is 23.0 Å². The van der Waals surface area contributed by atoms with Crippen LogP contribution >= 0.6 is 0 Å². The second-order valence-electron chi connectivity index (χ2n) is 14.0. The lowest BCUT2D eigenvalue weighted by molar-refractivity contribution is -0.143. The van der Waals surface area contributed by atoms with Crippen LogP contribution in [0.2, 0.25) is 0 Å². The summed E-state index contributed by atoms with van der Waals surface area (Å²) in [5.41, 5.74) is 4.27. The highest BCUT2D eigenvalue weighted by molar-refractivity contribution is 6.37. The summed E-state index contributed by atoms with van der Waals surface area (Å²) >= 11 is 0. The van der Waals surface area contributed by atoms with E-state index in [4.69, 9.17) is 5.73 Å². The van der Waals surface area contributed by atoms with Gasteiger partial charge in [-0.1, -0.05) is 88.0 Å². The number of rotatable bonds is 9. The number of ketones is 1. The smallest absolute Gasteiger partial charge is 0.315 e. The van der Waals surface area contributed by atoms with Crippen molar-refractivity contribution >= 4 is 35.4 Å². The normalized spacial score (nSPS) is 17.0. The molecule has 262 valence electrons. The minimum atomic E-state index is -1.16. The molecule has 1 heterocycles. The Kier molecular flexibility index (Phi) is 21.8. The van der Waals surface area contributed by atoms with Crippen LogP contribution in [0.25, 0.3) is 0 Å². The van der Waals surface area contributed by atoms with Crippen molar-refractivity contribution in [3.63, 3.8) is 0 Å². The van der Waals surface area contributed by atoms with Crippen LogP contribution in [-0.2, 0) is 24.0 Å². The molecule has 45 heavy (non-hydrogen) atoms. The number of hydrogen-bond donors (Lipinski definition) is 5. The highest BCUT2D eigenvalue weighted by Crippen LogP contribution is 2.26. The van der Waals surface area contributed by atoms with E-state index in [1.165, 1.54) is 37.5 Å². The monoisotopic (exact) mass is 640 g/mol. The van der Waals surface area contributed by atoms with Gasteiger partial charge in [0.2, 0.25) is 23.5 Å². The Morgan fingerprint density at radius 1 is 0.844 bits per heavy atom. The minimum absolute atomic E-state index is 0.0782. The summed E-state index contributed by atoms with van der Waals surface area (Å²) in [5, 5.41) is 10.1. The maximum atomic E-state index is 13.3. The van der Waals surface area contributed by atoms with Crippen LogP contribution in [0.5, 0.6) is 0 Å². The molecule has 1 saturated carbocycles. The topological polar surface area (TPSA) is 180 Å². The number of urea groups is 1. The van der Waals surface area contributed by atoms with Gasteiger partial charge in [-0.05, 0) is 50.9 Å². The predicted molar refractivity (Wildman–Crippen MR) is 179 cm³/mol. The van der Waals surface area contributed by atoms with Gasteiger partial charge in [0, 0.05) is 12.6 Å². The van der Waals surface area contributed by atoms with Crippen molar-refractivity contribution in [3.8, 4) is 0 Å². The third-order valence-electron chi connectivity index (χ3n) is 6.47. The van der Waals surface area contributed by atoms with Gasteiger partial charge >= 0.3 is 6.03 Å². The van der Waals surface area contributed by atoms with E-state index < -0.39 is 53.1 Å². The van der Waals surface area contributed by atoms with Gasteiger partial charge in [0.15, 0.2) is 0 Å². The Bertz CT molecular complexity index is 940. The molecule has 1 aliphatic carbocycles. The minimum Gasteiger partial charge on any atom is -0.363 e. The Labute approximate surface area is 272 Å². The van der Waals surface area contributed by atoms with Gasteiger partial charge in [0.25, 0.3) is 5.91 Å². The number of carbonyl (C=O) groups excluding carboxylic acids is 6. The van der Waals surface area contributed by atoms with E-state index in [2.05, 4.69) is 62.8 Å². The van der Waals surface area contributed by atoms with Crippen molar-refractivity contribution in [2.75, 3.05) is 13.1 Å². The molecule has 0 spiro atoms. The summed E-state index contributed by atoms with van der Waals surface area (Å²) in [6, 6.07) is -3.73. The van der Waals surface area contributed by atoms with Crippen LogP contribution in [0.3, 0.4) is 0 Å². The van der Waals surface area contributed by atoms with Gasteiger partial charge in [-0.25, -0.2) is 4.79 Å². The first-order valence-corrected chi connectivity index (χ1v) is 16.5. The molecule has 0 aromatic rings. The molecule has 0 aromatic heterocycles. The van der Waals surface area contributed by atoms with Crippen LogP contribution in [0, 0.1) is 17.3 Å². The largest absolute Gasteiger partial charge is 0.363 e. The van der Waals surface area contributed by atoms with Crippen LogP contribution in [0.15, 0.2) is 0 Å². The summed E-state index contributed by atoms with van der Waals surface area (Å²) in [6.45, 7) is 23.3. The van der Waals surface area contributed by atoms with Crippen LogP contribution in [-0.4, -0.2) is 77.6 Å². The molecule has 0 bridgehead atoms. The molecule has 1 saturated heterocycles. The van der Waals surface area contributed by atoms with Gasteiger partial charge in [0.1, 0.15) is 12.1 Å². The third-order valence-corrected chi connectivity index (χ3v) is 6.47. The number of Topliss-reactive ketones (excluding diaryl/α,β-unsaturated/α-hetero) is 1. The summed E-state index contributed by atoms with van der Waals surface area (Å²) in [4.78, 5) is 74.3. The molecule has 0 aromatic carbocycles. The number of nitrogens with two attached hydrogens (primary N) is 1. The third kappa shape index (κ3) is 19.7. The van der Waals surface area contributed by atoms with E-state index in [0.717, 1.165) is 11.8 Å². The second-order valence-corrected chi connectivity index (χ2v) is 14.0. The fraction of sp³-hybridized carbons (Fsp3) is 0.818. The number of hydrogen-bond acceptors (Lipinski definition) is 6. The first kappa shape index (κ1) is 43.9. The van der Waals surface area contributed by atoms with E-state index in [-0.39, 0.29) is 18.5 Å². The molecule has 12 nitrogen and oxygen atoms in total. The molecule has 1 aliphatic heterocycles. The first-order chi connectivity index (χ1) is 20.7. The summed E-state index contributed by atoms with van der Waals surface area (Å²) in [7, 11) is 0. The van der Waals surface area contributed by atoms with Crippen LogP contribution in [0.4, 0.5) is 4.79 Å². The number of primary amides is 1. The fourth-order valence-electron chi connectivity index (χ4n) is 4.03. The van der Waals surface area contributed by atoms with Crippen molar-refractivity contribution in [3.05, 3.63) is 0 Å². The SMILES string of the molecule is CC(C)C.CC(C)NC(=O)CNC(=O)NC(C(=O)N1CCCC1C(=O)NC(C)C(=O)C(N)=O)C(C)(C)C.CC1CCC1.CCC. The lowest BCUT2D eigenvalue weighted by Crippen LogP contribution is -2.60. The van der Waals surface area contributed by atoms with E-state index in [9.17, 15) is 28.8 Å². The quantitative estimate of drug-likeness (QED) is 0.240. The van der Waals surface area contributed by atoms with Gasteiger partial charge in [-0.2, -0.15) is 0 Å². The Hall–Kier alpha value is -3.18. The van der Waals surface area contributed by atoms with E-state index in [1.807, 2.05) is 0 Å². The Morgan fingerprint density at radius 3 is 1.71 bits per heavy atom. The van der Waals surface area contributed by atoms with Crippen LogP contribution in [0.1, 0.15) is 122 Å². The van der Waals surface area contributed by atoms with Gasteiger partial charge in [-0.15, -0.1) is 0 Å². The molecule has 2 fully saturated rings. The molecule has 0 radical (unpaired) electrons. The van der Waals surface area contributed by atoms with E-state index >= 15 is 0 Å². The van der Waals surface area contributed by atoms with E-state index in [1.54, 1.807) is 34.6 Å². The second kappa shape index (κ2) is 22.3. The molecule has 3 atom stereocenters. The first-order valence-electron chi connectivity index (χ1n) is 16.5. The summed E-state index contributed by atoms with van der Waals surface area (Å²) in [6.07, 6.45) is 6.63. The van der Waals surface area contributed by atoms with Crippen molar-refractivity contribution in [2.45, 2.75) is 146 Å². The molecular weight excluding hydrogens is 576 g/mol. The summed E-state index contributed by atoms with van der Waals surface area (Å²) < 4.78 is 0. The number of amides is 6. The average Bonchev–Trinajstić information content (AvgIpc) is 3.38. The maximum absolute atomic E-state index is 13.3. The standard InChI is InChI=1S/C21H36N6O6.C5H10.C4H10.C3H8/c1-11(2)24-14(28)10-23-20(33)26-16(21(4,5)6)19(32)27-9-7-8-13(27)18(31)25-12(3)15(29)17(22)30;1-5-3-2-4-5;1-4(2)3;1-3-2/h11-13,16H,7-10H2,1-6H3,(H2,22,30)(H,24,28)(H,25,31)(H2,23,26,33);5H,2-4H2,1H3;4H,1-3H3;3H2,1-2H3. The van der Waals surface area contributed by atoms with Crippen LogP contribution < -0.4 is 27.0 Å². The lowest BCUT2D eigenvalue weighted by atomic mass is 9.85. The van der Waals surface area contributed by atoms with Crippen molar-refractivity contribution in [1.29, 1.82) is 0 Å². The Balaban J connectivity index is 0. The zero-order valence-corrected chi connectivity index (χ0v) is 30.1. The molecule has 2 rings (SSSR count). The molecule has 6 amide bonds. The van der Waals surface area contributed by atoms with Gasteiger partial charge in [0.05, 0.1) is 12.6 Å². The van der Waals surface area contributed by atoms with Gasteiger partial charge in [-0.3, -0.25) is 24.0 Å². The number of carbonyl (C=O) groups is 6. The predicted octanol–water partition coefficient (Wildman–Crippen LogP) is 3.66. The number of likely N-dealkylation sites (tertiary alicyclic amines) is 1. The van der Waals surface area contributed by atoms with Crippen molar-refractivity contribution < 1.29 is 28.8 Å². The number of nitrogens with one attached hydrogen (secondary N) is 4. The maximum Gasteiger partial charge on any atom is 0.315 e. The highest BCUT2D eigenvalue weighted by atomic mass is 16.2. The summed E-state index contributed by atoms with van der Waals surface area (Å²) in [5.74, 6) is -1.61. The fourth-order valence-corrected chi connectivity index (χ4v) is 4.03. The molecule has 2 aliphatic rings. The number of nitrogens with zero attached hydrogens (tertiary/aromatic N) is 1. The highest BCUT2D eigenvalue weighted by Gasteiger charge is 2.42. The molecular formula is C33H64N6O6. The zero-order chi connectivity index (χ0) is 35.5.